The largest absolute Gasteiger partial charge is 0.478 e. The Bertz CT molecular complexity index is 1210. The molecule has 8 nitrogen and oxygen atoms in total. The lowest BCUT2D eigenvalue weighted by atomic mass is 9.92. The second kappa shape index (κ2) is 8.76. The summed E-state index contributed by atoms with van der Waals surface area (Å²) in [4.78, 5) is 26.5. The van der Waals surface area contributed by atoms with E-state index in [9.17, 15) is 23.5 Å². The highest BCUT2D eigenvalue weighted by Gasteiger charge is 2.43. The van der Waals surface area contributed by atoms with E-state index in [4.69, 9.17) is 16.4 Å². The van der Waals surface area contributed by atoms with Gasteiger partial charge in [-0.3, -0.25) is 15.2 Å². The lowest BCUT2D eigenvalue weighted by Crippen LogP contribution is -2.55. The van der Waals surface area contributed by atoms with Crippen LogP contribution < -0.4 is 10.6 Å². The second-order valence-electron chi connectivity index (χ2n) is 6.82. The molecule has 0 spiro atoms. The summed E-state index contributed by atoms with van der Waals surface area (Å²) in [6, 6.07) is 8.96. The topological polar surface area (TPSA) is 135 Å². The minimum absolute atomic E-state index is 0.0488. The maximum absolute atomic E-state index is 13.2. The summed E-state index contributed by atoms with van der Waals surface area (Å²) in [5.74, 6) is -1.90. The molecule has 1 atom stereocenters. The fourth-order valence-corrected chi connectivity index (χ4v) is 4.16. The first-order valence-electron chi connectivity index (χ1n) is 9.07. The van der Waals surface area contributed by atoms with Crippen molar-refractivity contribution in [1.29, 1.82) is 10.7 Å². The zero-order chi connectivity index (χ0) is 23.7. The van der Waals surface area contributed by atoms with Gasteiger partial charge in [0.25, 0.3) is 6.43 Å². The summed E-state index contributed by atoms with van der Waals surface area (Å²) in [7, 11) is 0. The Morgan fingerprint density at radius 1 is 1.28 bits per heavy atom. The van der Waals surface area contributed by atoms with Crippen LogP contribution in [0.25, 0.3) is 0 Å². The van der Waals surface area contributed by atoms with Crippen LogP contribution in [-0.2, 0) is 4.79 Å². The number of guanidine groups is 1. The number of benzene rings is 2. The van der Waals surface area contributed by atoms with Crippen molar-refractivity contribution in [3.05, 3.63) is 74.9 Å². The number of hydrogen-bond acceptors (Lipinski definition) is 4. The molecular formula is C21H16BrF2N5O3. The third-order valence-corrected chi connectivity index (χ3v) is 5.66. The molecule has 1 unspecified atom stereocenters. The molecule has 0 bridgehead atoms. The van der Waals surface area contributed by atoms with Crippen molar-refractivity contribution < 1.29 is 23.5 Å². The van der Waals surface area contributed by atoms with Crippen LogP contribution in [-0.4, -0.2) is 28.0 Å². The maximum Gasteiger partial charge on any atom is 0.335 e. The van der Waals surface area contributed by atoms with Crippen molar-refractivity contribution in [3.63, 3.8) is 0 Å². The highest BCUT2D eigenvalue weighted by Crippen LogP contribution is 2.42. The second-order valence-corrected chi connectivity index (χ2v) is 7.67. The summed E-state index contributed by atoms with van der Waals surface area (Å²) in [5, 5.41) is 27.7. The molecule has 0 radical (unpaired) electrons. The monoisotopic (exact) mass is 503 g/mol. The van der Waals surface area contributed by atoms with E-state index in [0.717, 1.165) is 15.9 Å². The quantitative estimate of drug-likeness (QED) is 0.564. The number of anilines is 1. The van der Waals surface area contributed by atoms with Gasteiger partial charge in [-0.1, -0.05) is 34.1 Å². The molecule has 0 aromatic heterocycles. The van der Waals surface area contributed by atoms with Gasteiger partial charge >= 0.3 is 12.0 Å². The summed E-state index contributed by atoms with van der Waals surface area (Å²) in [6.45, 7) is 1.41. The van der Waals surface area contributed by atoms with Crippen molar-refractivity contribution >= 4 is 39.6 Å². The van der Waals surface area contributed by atoms with Crippen molar-refractivity contribution in [2.45, 2.75) is 19.4 Å². The average Bonchev–Trinajstić information content (AvgIpc) is 2.72. The zero-order valence-corrected chi connectivity index (χ0v) is 18.1. The number of nitrogens with two attached hydrogens (primary N) is 1. The Hall–Kier alpha value is -3.78. The minimum Gasteiger partial charge on any atom is -0.478 e. The van der Waals surface area contributed by atoms with E-state index in [1.807, 2.05) is 6.07 Å². The van der Waals surface area contributed by atoms with Crippen molar-refractivity contribution in [2.75, 3.05) is 4.90 Å². The number of carboxylic acids is 1. The van der Waals surface area contributed by atoms with Crippen molar-refractivity contribution in [3.8, 4) is 6.07 Å². The van der Waals surface area contributed by atoms with Gasteiger partial charge in [0, 0.05) is 21.4 Å². The number of allylic oxidation sites excluding steroid dienone is 1. The molecule has 0 saturated heterocycles. The van der Waals surface area contributed by atoms with E-state index in [0.29, 0.717) is 10.0 Å². The Labute approximate surface area is 189 Å². The van der Waals surface area contributed by atoms with Gasteiger partial charge in [-0.2, -0.15) is 5.26 Å². The molecular weight excluding hydrogens is 488 g/mol. The molecule has 1 heterocycles. The van der Waals surface area contributed by atoms with E-state index < -0.39 is 30.4 Å². The molecule has 4 N–H and O–H groups in total. The number of hydrogen-bond donors (Lipinski definition) is 3. The SMILES string of the molecule is CC1=C(C(=O)O)C(c2ccc(C#N)cc2Br)N(C(N)=O)C(=N)N1c1cccc(C(F)F)c1. The number of rotatable bonds is 4. The number of carboxylic acid groups (broad SMARTS) is 1. The Balaban J connectivity index is 2.29. The van der Waals surface area contributed by atoms with Gasteiger partial charge in [0.1, 0.15) is 6.04 Å². The van der Waals surface area contributed by atoms with Crippen molar-refractivity contribution in [2.24, 2.45) is 5.73 Å². The maximum atomic E-state index is 13.2. The average molecular weight is 504 g/mol. The van der Waals surface area contributed by atoms with Gasteiger partial charge in [0.05, 0.1) is 17.2 Å². The molecule has 164 valence electrons. The molecule has 0 saturated carbocycles. The van der Waals surface area contributed by atoms with Gasteiger partial charge in [-0.15, -0.1) is 0 Å². The minimum atomic E-state index is -2.79. The molecule has 1 aliphatic rings. The highest BCUT2D eigenvalue weighted by atomic mass is 79.9. The van der Waals surface area contributed by atoms with Crippen molar-refractivity contribution in [1.82, 2.24) is 4.90 Å². The molecule has 2 aromatic carbocycles. The number of primary amides is 1. The molecule has 32 heavy (non-hydrogen) atoms. The zero-order valence-electron chi connectivity index (χ0n) is 16.5. The van der Waals surface area contributed by atoms with Gasteiger partial charge in [0.2, 0.25) is 5.96 Å². The number of nitrogens with zero attached hydrogens (tertiary/aromatic N) is 3. The van der Waals surface area contributed by atoms with Crippen LogP contribution in [0.3, 0.4) is 0 Å². The molecule has 2 amide bonds. The standard InChI is InChI=1S/C21H16BrF2N5O3/c1-10-16(19(30)31)17(14-6-5-11(9-25)7-15(14)22)29(21(27)32)20(26)28(10)13-4-2-3-12(8-13)18(23)24/h2-8,17-18,26H,1H3,(H2,27,32)(H,30,31). The van der Waals surface area contributed by atoms with Gasteiger partial charge in [0.15, 0.2) is 0 Å². The number of urea groups is 1. The molecule has 1 aliphatic heterocycles. The number of aliphatic carboxylic acids is 1. The Morgan fingerprint density at radius 2 is 1.97 bits per heavy atom. The van der Waals surface area contributed by atoms with Gasteiger partial charge in [-0.25, -0.2) is 18.4 Å². The number of halogens is 3. The van der Waals surface area contributed by atoms with Crippen LogP contribution in [0.15, 0.2) is 58.2 Å². The van der Waals surface area contributed by atoms with E-state index in [1.165, 1.54) is 43.3 Å². The smallest absolute Gasteiger partial charge is 0.335 e. The number of nitrogens with one attached hydrogen (secondary N) is 1. The predicted molar refractivity (Wildman–Crippen MR) is 115 cm³/mol. The molecule has 0 aliphatic carbocycles. The third-order valence-electron chi connectivity index (χ3n) is 4.97. The van der Waals surface area contributed by atoms with Crippen LogP contribution in [0.4, 0.5) is 19.3 Å². The van der Waals surface area contributed by atoms with Crippen LogP contribution in [0, 0.1) is 16.7 Å². The van der Waals surface area contributed by atoms with Gasteiger partial charge in [-0.05, 0) is 36.8 Å². The first kappa shape index (κ1) is 22.9. The normalized spacial score (nSPS) is 16.4. The third kappa shape index (κ3) is 3.92. The number of nitriles is 1. The van der Waals surface area contributed by atoms with Crippen LogP contribution in [0.2, 0.25) is 0 Å². The number of amides is 2. The fraction of sp³-hybridized carbons (Fsp3) is 0.143. The molecule has 11 heteroatoms. The van der Waals surface area contributed by atoms with E-state index >= 15 is 0 Å². The molecule has 3 rings (SSSR count). The Morgan fingerprint density at radius 3 is 2.50 bits per heavy atom. The molecule has 0 fully saturated rings. The summed E-state index contributed by atoms with van der Waals surface area (Å²) in [5.41, 5.74) is 5.62. The van der Waals surface area contributed by atoms with Crippen LogP contribution in [0.1, 0.15) is 36.1 Å². The number of alkyl halides is 2. The summed E-state index contributed by atoms with van der Waals surface area (Å²) >= 11 is 3.29. The van der Waals surface area contributed by atoms with E-state index in [1.54, 1.807) is 0 Å². The van der Waals surface area contributed by atoms with Crippen LogP contribution >= 0.6 is 15.9 Å². The highest BCUT2D eigenvalue weighted by molar-refractivity contribution is 9.10. The predicted octanol–water partition coefficient (Wildman–Crippen LogP) is 4.49. The lowest BCUT2D eigenvalue weighted by molar-refractivity contribution is -0.133. The van der Waals surface area contributed by atoms with E-state index in [-0.39, 0.29) is 28.1 Å². The van der Waals surface area contributed by atoms with Crippen LogP contribution in [0.5, 0.6) is 0 Å². The summed E-state index contributed by atoms with van der Waals surface area (Å²) < 4.78 is 26.8. The fourth-order valence-electron chi connectivity index (χ4n) is 3.57. The van der Waals surface area contributed by atoms with Gasteiger partial charge < -0.3 is 10.8 Å². The lowest BCUT2D eigenvalue weighted by Gasteiger charge is -2.42. The van der Waals surface area contributed by atoms with E-state index in [2.05, 4.69) is 15.9 Å². The molecule has 2 aromatic rings. The number of carbonyl (C=O) groups is 2. The first-order chi connectivity index (χ1) is 15.1. The summed E-state index contributed by atoms with van der Waals surface area (Å²) in [6.07, 6.45) is -2.79. The Kier molecular flexibility index (Phi) is 6.27. The first-order valence-corrected chi connectivity index (χ1v) is 9.86. The number of carbonyl (C=O) groups excluding carboxylic acids is 1.